The van der Waals surface area contributed by atoms with E-state index in [2.05, 4.69) is 15.3 Å². The fourth-order valence-corrected chi connectivity index (χ4v) is 4.81. The minimum absolute atomic E-state index is 0.109. The molecule has 0 saturated heterocycles. The number of amides is 3. The van der Waals surface area contributed by atoms with E-state index in [0.717, 1.165) is 11.1 Å². The first kappa shape index (κ1) is 25.4. The Bertz CT molecular complexity index is 1370. The second-order valence-corrected chi connectivity index (χ2v) is 10.6. The summed E-state index contributed by atoms with van der Waals surface area (Å²) in [5.41, 5.74) is 13.5. The number of aromatic nitrogens is 2. The molecule has 2 aromatic heterocycles. The first-order valence-corrected chi connectivity index (χ1v) is 12.3. The molecule has 188 valence electrons. The smallest absolute Gasteiger partial charge is 0.410 e. The average Bonchev–Trinajstić information content (AvgIpc) is 3.28. The maximum absolute atomic E-state index is 12.5. The number of fused-ring (bicyclic) bond motifs is 1. The van der Waals surface area contributed by atoms with Crippen molar-refractivity contribution in [1.29, 1.82) is 0 Å². The van der Waals surface area contributed by atoms with Gasteiger partial charge in [-0.25, -0.2) is 14.8 Å². The van der Waals surface area contributed by atoms with Crippen LogP contribution in [0.15, 0.2) is 29.8 Å². The molecule has 1 aliphatic heterocycles. The van der Waals surface area contributed by atoms with E-state index >= 15 is 0 Å². The van der Waals surface area contributed by atoms with Crippen molar-refractivity contribution in [3.05, 3.63) is 57.1 Å². The van der Waals surface area contributed by atoms with E-state index in [1.54, 1.807) is 22.4 Å². The van der Waals surface area contributed by atoms with Crippen LogP contribution in [0.1, 0.15) is 52.6 Å². The fraction of sp³-hybridized carbons (Fsp3) is 0.292. The molecule has 3 amide bonds. The first-order valence-electron chi connectivity index (χ1n) is 11.0. The Hall–Kier alpha value is -3.70. The lowest BCUT2D eigenvalue weighted by Crippen LogP contribution is -2.39. The van der Waals surface area contributed by atoms with Gasteiger partial charge in [0.05, 0.1) is 32.4 Å². The van der Waals surface area contributed by atoms with E-state index in [1.807, 2.05) is 26.8 Å². The van der Waals surface area contributed by atoms with Crippen LogP contribution in [0.4, 0.5) is 16.4 Å². The normalized spacial score (nSPS) is 13.2. The van der Waals surface area contributed by atoms with Crippen molar-refractivity contribution in [1.82, 2.24) is 14.9 Å². The third-order valence-corrected chi connectivity index (χ3v) is 6.62. The zero-order chi connectivity index (χ0) is 26.2. The quantitative estimate of drug-likeness (QED) is 0.450. The van der Waals surface area contributed by atoms with Crippen molar-refractivity contribution in [3.63, 3.8) is 0 Å². The number of anilines is 2. The minimum Gasteiger partial charge on any atom is -0.444 e. The molecule has 10 nitrogen and oxygen atoms in total. The molecule has 0 bridgehead atoms. The Morgan fingerprint density at radius 3 is 2.53 bits per heavy atom. The molecular weight excluding hydrogens is 504 g/mol. The highest BCUT2D eigenvalue weighted by Gasteiger charge is 2.26. The van der Waals surface area contributed by atoms with Gasteiger partial charge in [0.25, 0.3) is 5.91 Å². The second kappa shape index (κ2) is 9.75. The summed E-state index contributed by atoms with van der Waals surface area (Å²) in [6, 6.07) is 5.24. The molecule has 0 aliphatic carbocycles. The third-order valence-electron chi connectivity index (χ3n) is 5.37. The van der Waals surface area contributed by atoms with Crippen LogP contribution in [-0.4, -0.2) is 44.9 Å². The van der Waals surface area contributed by atoms with Crippen LogP contribution >= 0.6 is 22.9 Å². The SMILES string of the molecule is CC(C)(C)OC(=O)N1CCc2cc(Nc3ncc(C(N)=O)c(-c4cc(C(N)=O)cs4)n3)c(Cl)cc2C1. The summed E-state index contributed by atoms with van der Waals surface area (Å²) in [4.78, 5) is 46.8. The van der Waals surface area contributed by atoms with Crippen molar-refractivity contribution in [2.75, 3.05) is 11.9 Å². The van der Waals surface area contributed by atoms with E-state index < -0.39 is 17.4 Å². The number of nitrogens with two attached hydrogens (primary N) is 2. The van der Waals surface area contributed by atoms with Crippen LogP contribution in [0.3, 0.4) is 0 Å². The number of carbonyl (C=O) groups is 3. The highest BCUT2D eigenvalue weighted by molar-refractivity contribution is 7.13. The summed E-state index contributed by atoms with van der Waals surface area (Å²) in [5, 5.41) is 5.09. The van der Waals surface area contributed by atoms with Crippen LogP contribution in [0.25, 0.3) is 10.6 Å². The summed E-state index contributed by atoms with van der Waals surface area (Å²) in [6.45, 7) is 6.39. The Balaban J connectivity index is 1.59. The van der Waals surface area contributed by atoms with Crippen LogP contribution < -0.4 is 16.8 Å². The summed E-state index contributed by atoms with van der Waals surface area (Å²) in [6.07, 6.45) is 1.58. The number of thiophene rings is 1. The standard InChI is InChI=1S/C24H25ClN6O4S/c1-24(2,3)35-23(34)31-5-4-12-7-17(16(25)6-13(12)10-31)29-22-28-9-15(21(27)33)19(30-22)18-8-14(11-36-18)20(26)32/h6-9,11H,4-5,10H2,1-3H3,(H2,26,32)(H2,27,33)(H,28,29,30). The van der Waals surface area contributed by atoms with Gasteiger partial charge < -0.3 is 26.4 Å². The predicted molar refractivity (Wildman–Crippen MR) is 137 cm³/mol. The fourth-order valence-electron chi connectivity index (χ4n) is 3.68. The maximum atomic E-state index is 12.5. The average molecular weight is 529 g/mol. The lowest BCUT2D eigenvalue weighted by atomic mass is 9.99. The van der Waals surface area contributed by atoms with Crippen molar-refractivity contribution >= 4 is 52.5 Å². The largest absolute Gasteiger partial charge is 0.444 e. The third kappa shape index (κ3) is 5.58. The van der Waals surface area contributed by atoms with E-state index in [9.17, 15) is 14.4 Å². The molecule has 0 fully saturated rings. The molecule has 12 heteroatoms. The number of hydrogen-bond donors (Lipinski definition) is 3. The highest BCUT2D eigenvalue weighted by Crippen LogP contribution is 2.33. The molecule has 3 aromatic rings. The van der Waals surface area contributed by atoms with Gasteiger partial charge in [0.15, 0.2) is 0 Å². The van der Waals surface area contributed by atoms with Gasteiger partial charge in [-0.05, 0) is 56.5 Å². The number of hydrogen-bond acceptors (Lipinski definition) is 8. The molecule has 0 radical (unpaired) electrons. The molecule has 36 heavy (non-hydrogen) atoms. The molecule has 0 unspecified atom stereocenters. The lowest BCUT2D eigenvalue weighted by Gasteiger charge is -2.31. The lowest BCUT2D eigenvalue weighted by molar-refractivity contribution is 0.0224. The van der Waals surface area contributed by atoms with Gasteiger partial charge in [0, 0.05) is 24.7 Å². The Labute approximate surface area is 216 Å². The van der Waals surface area contributed by atoms with Crippen LogP contribution in [0.2, 0.25) is 5.02 Å². The van der Waals surface area contributed by atoms with Crippen molar-refractivity contribution in [2.45, 2.75) is 39.3 Å². The topological polar surface area (TPSA) is 154 Å². The zero-order valence-corrected chi connectivity index (χ0v) is 21.5. The summed E-state index contributed by atoms with van der Waals surface area (Å²) < 4.78 is 5.48. The molecule has 0 atom stereocenters. The van der Waals surface area contributed by atoms with E-state index in [-0.39, 0.29) is 23.3 Å². The zero-order valence-electron chi connectivity index (χ0n) is 19.9. The van der Waals surface area contributed by atoms with Gasteiger partial charge in [-0.3, -0.25) is 9.59 Å². The number of carbonyl (C=O) groups excluding carboxylic acids is 3. The van der Waals surface area contributed by atoms with E-state index in [1.165, 1.54) is 17.5 Å². The summed E-state index contributed by atoms with van der Waals surface area (Å²) >= 11 is 7.76. The predicted octanol–water partition coefficient (Wildman–Crippen LogP) is 4.09. The van der Waals surface area contributed by atoms with Crippen molar-refractivity contribution < 1.29 is 19.1 Å². The summed E-state index contributed by atoms with van der Waals surface area (Å²) in [7, 11) is 0. The van der Waals surface area contributed by atoms with Gasteiger partial charge in [-0.2, -0.15) is 0 Å². The van der Waals surface area contributed by atoms with E-state index in [0.29, 0.717) is 40.7 Å². The van der Waals surface area contributed by atoms with Gasteiger partial charge in [0.2, 0.25) is 11.9 Å². The van der Waals surface area contributed by atoms with Gasteiger partial charge in [0.1, 0.15) is 5.60 Å². The monoisotopic (exact) mass is 528 g/mol. The Kier molecular flexibility index (Phi) is 6.87. The number of halogens is 1. The minimum atomic E-state index is -0.702. The number of ether oxygens (including phenoxy) is 1. The second-order valence-electron chi connectivity index (χ2n) is 9.26. The van der Waals surface area contributed by atoms with Gasteiger partial charge in [-0.1, -0.05) is 11.6 Å². The first-order chi connectivity index (χ1) is 16.9. The summed E-state index contributed by atoms with van der Waals surface area (Å²) in [5.74, 6) is -1.10. The van der Waals surface area contributed by atoms with Gasteiger partial charge in [-0.15, -0.1) is 11.3 Å². The van der Waals surface area contributed by atoms with Crippen LogP contribution in [0.5, 0.6) is 0 Å². The molecule has 4 rings (SSSR count). The van der Waals surface area contributed by atoms with Crippen molar-refractivity contribution in [3.8, 4) is 10.6 Å². The molecule has 1 aliphatic rings. The number of benzene rings is 1. The van der Waals surface area contributed by atoms with Crippen molar-refractivity contribution in [2.24, 2.45) is 11.5 Å². The Morgan fingerprint density at radius 1 is 1.14 bits per heavy atom. The number of nitrogens with zero attached hydrogens (tertiary/aromatic N) is 3. The maximum Gasteiger partial charge on any atom is 0.410 e. The molecular formula is C24H25ClN6O4S. The molecule has 5 N–H and O–H groups in total. The number of nitrogens with one attached hydrogen (secondary N) is 1. The molecule has 0 saturated carbocycles. The molecule has 1 aromatic carbocycles. The number of primary amides is 2. The van der Waals surface area contributed by atoms with Crippen LogP contribution in [0, 0.1) is 0 Å². The number of rotatable bonds is 5. The molecule has 3 heterocycles. The highest BCUT2D eigenvalue weighted by atomic mass is 35.5. The van der Waals surface area contributed by atoms with E-state index in [4.69, 9.17) is 27.8 Å². The Morgan fingerprint density at radius 2 is 1.89 bits per heavy atom. The van der Waals surface area contributed by atoms with Crippen LogP contribution in [-0.2, 0) is 17.7 Å². The molecule has 0 spiro atoms. The van der Waals surface area contributed by atoms with Gasteiger partial charge >= 0.3 is 6.09 Å².